The molecule has 10 heteroatoms. The van der Waals surface area contributed by atoms with Crippen LogP contribution in [0.3, 0.4) is 0 Å². The summed E-state index contributed by atoms with van der Waals surface area (Å²) in [5.41, 5.74) is 3.36. The molecule has 0 radical (unpaired) electrons. The number of aromatic nitrogens is 1. The van der Waals surface area contributed by atoms with E-state index < -0.39 is 18.5 Å². The number of halogens is 3. The molecule has 1 aromatic heterocycles. The number of morpholine rings is 1. The van der Waals surface area contributed by atoms with Crippen LogP contribution >= 0.6 is 0 Å². The van der Waals surface area contributed by atoms with Crippen molar-refractivity contribution in [1.82, 2.24) is 9.88 Å². The number of likely N-dealkylation sites (tertiary alicyclic amines) is 1. The molecule has 0 spiro atoms. The van der Waals surface area contributed by atoms with Gasteiger partial charge in [-0.05, 0) is 81.0 Å². The summed E-state index contributed by atoms with van der Waals surface area (Å²) < 4.78 is 43.8. The average Bonchev–Trinajstić information content (AvgIpc) is 3.26. The molecule has 2 amide bonds. The van der Waals surface area contributed by atoms with Crippen LogP contribution < -0.4 is 15.5 Å². The lowest BCUT2D eigenvalue weighted by Gasteiger charge is -2.29. The standard InChI is InChI=1S/C27H36F3N5O2/c1-18-5-6-21(31-25(36)35-8-7-19(17-35)16-27(28,29)30)15-22(18)20-13-23(33-26(2,3)4)32-24(14-20)34-9-11-37-12-10-34/h5-6,13-15,19H,7-12,16-17H2,1-4H3,(H,31,36)(H,32,33)/t19-/m0/s1. The number of rotatable bonds is 5. The summed E-state index contributed by atoms with van der Waals surface area (Å²) >= 11 is 0. The molecule has 0 saturated carbocycles. The van der Waals surface area contributed by atoms with E-state index in [9.17, 15) is 18.0 Å². The van der Waals surface area contributed by atoms with Crippen molar-refractivity contribution in [3.8, 4) is 11.1 Å². The van der Waals surface area contributed by atoms with Crippen LogP contribution in [0, 0.1) is 12.8 Å². The number of ether oxygens (including phenoxy) is 1. The van der Waals surface area contributed by atoms with Gasteiger partial charge in [-0.2, -0.15) is 13.2 Å². The minimum absolute atomic E-state index is 0.110. The number of amides is 2. The fourth-order valence-electron chi connectivity index (χ4n) is 4.80. The summed E-state index contributed by atoms with van der Waals surface area (Å²) in [6.07, 6.45) is -4.71. The summed E-state index contributed by atoms with van der Waals surface area (Å²) in [5, 5.41) is 6.35. The monoisotopic (exact) mass is 519 g/mol. The first-order chi connectivity index (χ1) is 17.4. The van der Waals surface area contributed by atoms with Crippen molar-refractivity contribution in [2.24, 2.45) is 5.92 Å². The Kier molecular flexibility index (Phi) is 7.87. The van der Waals surface area contributed by atoms with Gasteiger partial charge < -0.3 is 25.2 Å². The number of nitrogens with zero attached hydrogens (tertiary/aromatic N) is 3. The van der Waals surface area contributed by atoms with Crippen LogP contribution in [0.5, 0.6) is 0 Å². The normalized spacial score (nSPS) is 18.7. The molecule has 0 aliphatic carbocycles. The second kappa shape index (κ2) is 10.8. The van der Waals surface area contributed by atoms with Crippen LogP contribution in [-0.2, 0) is 4.74 Å². The molecule has 2 saturated heterocycles. The highest BCUT2D eigenvalue weighted by Crippen LogP contribution is 2.33. The number of urea groups is 1. The molecule has 0 unspecified atom stereocenters. The van der Waals surface area contributed by atoms with Crippen molar-refractivity contribution >= 4 is 23.4 Å². The Bertz CT molecular complexity index is 1110. The molecule has 0 bridgehead atoms. The summed E-state index contributed by atoms with van der Waals surface area (Å²) in [4.78, 5) is 21.3. The van der Waals surface area contributed by atoms with Crippen molar-refractivity contribution in [3.05, 3.63) is 35.9 Å². The number of hydrogen-bond acceptors (Lipinski definition) is 5. The largest absolute Gasteiger partial charge is 0.389 e. The molecule has 1 atom stereocenters. The van der Waals surface area contributed by atoms with Gasteiger partial charge >= 0.3 is 12.2 Å². The molecular weight excluding hydrogens is 483 g/mol. The zero-order valence-corrected chi connectivity index (χ0v) is 21.9. The van der Waals surface area contributed by atoms with Crippen LogP contribution in [0.1, 0.15) is 39.2 Å². The van der Waals surface area contributed by atoms with E-state index in [2.05, 4.69) is 42.4 Å². The summed E-state index contributed by atoms with van der Waals surface area (Å²) in [6, 6.07) is 9.35. The van der Waals surface area contributed by atoms with E-state index in [1.54, 1.807) is 0 Å². The van der Waals surface area contributed by atoms with E-state index in [-0.39, 0.29) is 18.1 Å². The smallest absolute Gasteiger partial charge is 0.378 e. The van der Waals surface area contributed by atoms with Crippen LogP contribution in [-0.4, -0.2) is 67.0 Å². The lowest BCUT2D eigenvalue weighted by Crippen LogP contribution is -2.37. The van der Waals surface area contributed by atoms with Crippen LogP contribution in [0.25, 0.3) is 11.1 Å². The Morgan fingerprint density at radius 2 is 1.84 bits per heavy atom. The Labute approximate surface area is 216 Å². The van der Waals surface area contributed by atoms with E-state index >= 15 is 0 Å². The van der Waals surface area contributed by atoms with Crippen molar-refractivity contribution in [2.45, 2.75) is 52.3 Å². The van der Waals surface area contributed by atoms with Crippen molar-refractivity contribution in [1.29, 1.82) is 0 Å². The number of alkyl halides is 3. The van der Waals surface area contributed by atoms with E-state index in [0.717, 1.165) is 41.4 Å². The fourth-order valence-corrected chi connectivity index (χ4v) is 4.80. The van der Waals surface area contributed by atoms with Gasteiger partial charge in [0.1, 0.15) is 11.6 Å². The summed E-state index contributed by atoms with van der Waals surface area (Å²) in [6.45, 7) is 11.5. The Balaban J connectivity index is 1.57. The maximum Gasteiger partial charge on any atom is 0.389 e. The molecule has 7 nitrogen and oxygen atoms in total. The molecule has 202 valence electrons. The number of benzene rings is 1. The third kappa shape index (κ3) is 7.50. The lowest BCUT2D eigenvalue weighted by atomic mass is 9.99. The van der Waals surface area contributed by atoms with Gasteiger partial charge in [0.25, 0.3) is 0 Å². The Morgan fingerprint density at radius 3 is 2.51 bits per heavy atom. The van der Waals surface area contributed by atoms with Crippen LogP contribution in [0.4, 0.5) is 35.3 Å². The van der Waals surface area contributed by atoms with E-state index in [4.69, 9.17) is 9.72 Å². The number of pyridine rings is 1. The highest BCUT2D eigenvalue weighted by Gasteiger charge is 2.36. The molecule has 3 heterocycles. The van der Waals surface area contributed by atoms with Gasteiger partial charge in [-0.15, -0.1) is 0 Å². The predicted molar refractivity (Wildman–Crippen MR) is 140 cm³/mol. The quantitative estimate of drug-likeness (QED) is 0.514. The number of carbonyl (C=O) groups excluding carboxylic acids is 1. The molecule has 37 heavy (non-hydrogen) atoms. The van der Waals surface area contributed by atoms with Gasteiger partial charge in [-0.1, -0.05) is 6.07 Å². The van der Waals surface area contributed by atoms with Crippen molar-refractivity contribution < 1.29 is 22.7 Å². The topological polar surface area (TPSA) is 69.7 Å². The van der Waals surface area contributed by atoms with Gasteiger partial charge in [-0.25, -0.2) is 9.78 Å². The van der Waals surface area contributed by atoms with E-state index in [1.165, 1.54) is 4.90 Å². The molecule has 4 rings (SSSR count). The number of anilines is 3. The van der Waals surface area contributed by atoms with E-state index in [1.807, 2.05) is 31.2 Å². The average molecular weight is 520 g/mol. The first-order valence-corrected chi connectivity index (χ1v) is 12.7. The number of carbonyl (C=O) groups is 1. The molecular formula is C27H36F3N5O2. The number of nitrogens with one attached hydrogen (secondary N) is 2. The number of hydrogen-bond donors (Lipinski definition) is 2. The highest BCUT2D eigenvalue weighted by molar-refractivity contribution is 5.91. The minimum atomic E-state index is -4.21. The van der Waals surface area contributed by atoms with Crippen molar-refractivity contribution in [2.75, 3.05) is 54.9 Å². The third-order valence-corrected chi connectivity index (χ3v) is 6.54. The van der Waals surface area contributed by atoms with Crippen LogP contribution in [0.15, 0.2) is 30.3 Å². The van der Waals surface area contributed by atoms with Gasteiger partial charge in [0, 0.05) is 43.8 Å². The highest BCUT2D eigenvalue weighted by atomic mass is 19.4. The molecule has 1 aromatic carbocycles. The van der Waals surface area contributed by atoms with Gasteiger partial charge in [0.05, 0.1) is 13.2 Å². The summed E-state index contributed by atoms with van der Waals surface area (Å²) in [5.74, 6) is 1.06. The first-order valence-electron chi connectivity index (χ1n) is 12.7. The van der Waals surface area contributed by atoms with E-state index in [0.29, 0.717) is 31.9 Å². The molecule has 2 fully saturated rings. The Hall–Kier alpha value is -3.01. The fraction of sp³-hybridized carbons (Fsp3) is 0.556. The van der Waals surface area contributed by atoms with Gasteiger partial charge in [0.2, 0.25) is 0 Å². The Morgan fingerprint density at radius 1 is 1.11 bits per heavy atom. The van der Waals surface area contributed by atoms with Crippen LogP contribution in [0.2, 0.25) is 0 Å². The second-order valence-electron chi connectivity index (χ2n) is 11.0. The maximum absolute atomic E-state index is 12.8. The van der Waals surface area contributed by atoms with Gasteiger partial charge in [0.15, 0.2) is 0 Å². The first kappa shape index (κ1) is 27.0. The minimum Gasteiger partial charge on any atom is -0.378 e. The SMILES string of the molecule is Cc1ccc(NC(=O)N2CC[C@@H](CC(F)(F)F)C2)cc1-c1cc(NC(C)(C)C)nc(N2CCOCC2)c1. The van der Waals surface area contributed by atoms with Gasteiger partial charge in [-0.3, -0.25) is 0 Å². The zero-order valence-electron chi connectivity index (χ0n) is 21.9. The number of aryl methyl sites for hydroxylation is 1. The zero-order chi connectivity index (χ0) is 26.8. The molecule has 2 aliphatic heterocycles. The second-order valence-corrected chi connectivity index (χ2v) is 11.0. The molecule has 2 N–H and O–H groups in total. The summed E-state index contributed by atoms with van der Waals surface area (Å²) in [7, 11) is 0. The van der Waals surface area contributed by atoms with Crippen molar-refractivity contribution in [3.63, 3.8) is 0 Å². The maximum atomic E-state index is 12.8. The third-order valence-electron chi connectivity index (χ3n) is 6.54. The predicted octanol–water partition coefficient (Wildman–Crippen LogP) is 5.91. The lowest BCUT2D eigenvalue weighted by molar-refractivity contribution is -0.143. The molecule has 2 aliphatic rings. The molecule has 2 aromatic rings.